The van der Waals surface area contributed by atoms with Gasteiger partial charge < -0.3 is 15.0 Å². The molecular weight excluding hydrogens is 304 g/mol. The third-order valence-corrected chi connectivity index (χ3v) is 3.50. The number of ether oxygens (including phenoxy) is 1. The minimum atomic E-state index is -0.459. The number of hydrogen-bond acceptors (Lipinski definition) is 5. The molecule has 0 spiro atoms. The van der Waals surface area contributed by atoms with E-state index in [1.165, 1.54) is 0 Å². The zero-order valence-electron chi connectivity index (χ0n) is 13.5. The monoisotopic (exact) mass is 326 g/mol. The van der Waals surface area contributed by atoms with E-state index in [4.69, 9.17) is 16.3 Å². The molecule has 1 atom stereocenters. The summed E-state index contributed by atoms with van der Waals surface area (Å²) in [6.45, 7) is 9.60. The minimum Gasteiger partial charge on any atom is -0.444 e. The molecule has 1 amide bonds. The molecule has 2 heterocycles. The summed E-state index contributed by atoms with van der Waals surface area (Å²) >= 11 is 5.91. The van der Waals surface area contributed by atoms with Crippen LogP contribution < -0.4 is 5.32 Å². The van der Waals surface area contributed by atoms with Crippen molar-refractivity contribution < 1.29 is 9.53 Å². The summed E-state index contributed by atoms with van der Waals surface area (Å²) in [4.78, 5) is 22.2. The number of likely N-dealkylation sites (tertiary alicyclic amines) is 1. The number of amides is 1. The number of carbonyl (C=O) groups excluding carboxylic acids is 1. The van der Waals surface area contributed by atoms with Crippen LogP contribution in [-0.2, 0) is 4.74 Å². The Balaban J connectivity index is 1.82. The molecule has 0 saturated carbocycles. The maximum Gasteiger partial charge on any atom is 0.410 e. The van der Waals surface area contributed by atoms with Crippen LogP contribution in [0.3, 0.4) is 0 Å². The van der Waals surface area contributed by atoms with Crippen molar-refractivity contribution in [1.29, 1.82) is 0 Å². The SMILES string of the molecule is Cc1cc(Cl)nc(NCC2CCN(C(=O)OC(C)(C)C)C2)n1. The number of rotatable bonds is 3. The molecule has 1 fully saturated rings. The van der Waals surface area contributed by atoms with Crippen LogP contribution in [0.25, 0.3) is 0 Å². The lowest BCUT2D eigenvalue weighted by Gasteiger charge is -2.24. The van der Waals surface area contributed by atoms with Crippen molar-refractivity contribution in [1.82, 2.24) is 14.9 Å². The highest BCUT2D eigenvalue weighted by atomic mass is 35.5. The van der Waals surface area contributed by atoms with E-state index in [1.807, 2.05) is 27.7 Å². The maximum atomic E-state index is 12.0. The first-order valence-corrected chi connectivity index (χ1v) is 7.84. The van der Waals surface area contributed by atoms with Crippen LogP contribution >= 0.6 is 11.6 Å². The van der Waals surface area contributed by atoms with Gasteiger partial charge in [0.05, 0.1) is 0 Å². The lowest BCUT2D eigenvalue weighted by molar-refractivity contribution is 0.0289. The van der Waals surface area contributed by atoms with Crippen molar-refractivity contribution >= 4 is 23.6 Å². The van der Waals surface area contributed by atoms with Gasteiger partial charge in [-0.1, -0.05) is 11.6 Å². The zero-order chi connectivity index (χ0) is 16.3. The van der Waals surface area contributed by atoms with Crippen molar-refractivity contribution in [3.63, 3.8) is 0 Å². The Morgan fingerprint density at radius 3 is 2.86 bits per heavy atom. The Bertz CT molecular complexity index is 525. The first-order valence-electron chi connectivity index (χ1n) is 7.46. The van der Waals surface area contributed by atoms with Gasteiger partial charge in [-0.15, -0.1) is 0 Å². The lowest BCUT2D eigenvalue weighted by atomic mass is 10.1. The van der Waals surface area contributed by atoms with E-state index >= 15 is 0 Å². The number of carbonyl (C=O) groups is 1. The molecule has 0 bridgehead atoms. The molecule has 1 aliphatic rings. The van der Waals surface area contributed by atoms with Crippen LogP contribution in [0.4, 0.5) is 10.7 Å². The van der Waals surface area contributed by atoms with Crippen molar-refractivity contribution in [3.8, 4) is 0 Å². The number of hydrogen-bond donors (Lipinski definition) is 1. The van der Waals surface area contributed by atoms with Crippen molar-refractivity contribution in [2.24, 2.45) is 5.92 Å². The zero-order valence-corrected chi connectivity index (χ0v) is 14.3. The van der Waals surface area contributed by atoms with Crippen LogP contribution in [0.2, 0.25) is 5.15 Å². The molecule has 122 valence electrons. The molecule has 0 aliphatic carbocycles. The van der Waals surface area contributed by atoms with Gasteiger partial charge >= 0.3 is 6.09 Å². The average Bonchev–Trinajstić information content (AvgIpc) is 2.82. The molecule has 2 rings (SSSR count). The van der Waals surface area contributed by atoms with Crippen molar-refractivity contribution in [2.75, 3.05) is 25.0 Å². The van der Waals surface area contributed by atoms with Gasteiger partial charge in [-0.2, -0.15) is 0 Å². The summed E-state index contributed by atoms with van der Waals surface area (Å²) in [5.74, 6) is 0.885. The lowest BCUT2D eigenvalue weighted by Crippen LogP contribution is -2.35. The number of anilines is 1. The summed E-state index contributed by atoms with van der Waals surface area (Å²) < 4.78 is 5.39. The van der Waals surface area contributed by atoms with Gasteiger partial charge in [0.1, 0.15) is 10.8 Å². The smallest absolute Gasteiger partial charge is 0.410 e. The summed E-state index contributed by atoms with van der Waals surface area (Å²) in [7, 11) is 0. The minimum absolute atomic E-state index is 0.246. The Kier molecular flexibility index (Phi) is 5.11. The van der Waals surface area contributed by atoms with E-state index < -0.39 is 5.60 Å². The van der Waals surface area contributed by atoms with E-state index in [-0.39, 0.29) is 6.09 Å². The molecule has 0 aromatic carbocycles. The third-order valence-electron chi connectivity index (χ3n) is 3.31. The molecule has 0 radical (unpaired) electrons. The molecule has 1 aliphatic heterocycles. The Morgan fingerprint density at radius 1 is 1.50 bits per heavy atom. The maximum absolute atomic E-state index is 12.0. The Labute approximate surface area is 136 Å². The van der Waals surface area contributed by atoms with Gasteiger partial charge in [-0.25, -0.2) is 14.8 Å². The molecule has 1 N–H and O–H groups in total. The van der Waals surface area contributed by atoms with Gasteiger partial charge in [0.15, 0.2) is 0 Å². The highest BCUT2D eigenvalue weighted by Gasteiger charge is 2.29. The molecule has 6 nitrogen and oxygen atoms in total. The van der Waals surface area contributed by atoms with Gasteiger partial charge in [0, 0.05) is 25.3 Å². The molecular formula is C15H23ClN4O2. The molecule has 1 saturated heterocycles. The van der Waals surface area contributed by atoms with E-state index in [9.17, 15) is 4.79 Å². The summed E-state index contributed by atoms with van der Waals surface area (Å²) in [6, 6.07) is 1.71. The van der Waals surface area contributed by atoms with Crippen LogP contribution in [0.5, 0.6) is 0 Å². The van der Waals surface area contributed by atoms with Gasteiger partial charge in [-0.3, -0.25) is 0 Å². The summed E-state index contributed by atoms with van der Waals surface area (Å²) in [5.41, 5.74) is 0.365. The predicted octanol–water partition coefficient (Wildman–Crippen LogP) is 3.11. The molecule has 1 unspecified atom stereocenters. The number of halogens is 1. The van der Waals surface area contributed by atoms with Crippen LogP contribution in [0, 0.1) is 12.8 Å². The third kappa shape index (κ3) is 5.02. The van der Waals surface area contributed by atoms with Crippen molar-refractivity contribution in [3.05, 3.63) is 16.9 Å². The fourth-order valence-corrected chi connectivity index (χ4v) is 2.57. The molecule has 1 aromatic rings. The topological polar surface area (TPSA) is 67.4 Å². The fraction of sp³-hybridized carbons (Fsp3) is 0.667. The van der Waals surface area contributed by atoms with Gasteiger partial charge in [-0.05, 0) is 46.1 Å². The standard InChI is InChI=1S/C15H23ClN4O2/c1-10-7-12(16)19-13(18-10)17-8-11-5-6-20(9-11)14(21)22-15(2,3)4/h7,11H,5-6,8-9H2,1-4H3,(H,17,18,19). The summed E-state index contributed by atoms with van der Waals surface area (Å²) in [5, 5.41) is 3.62. The Hall–Kier alpha value is -1.56. The van der Waals surface area contributed by atoms with Crippen molar-refractivity contribution in [2.45, 2.75) is 39.7 Å². The van der Waals surface area contributed by atoms with Crippen LogP contribution in [0.15, 0.2) is 6.07 Å². The normalized spacial score (nSPS) is 18.4. The van der Waals surface area contributed by atoms with Crippen LogP contribution in [-0.4, -0.2) is 46.2 Å². The number of aromatic nitrogens is 2. The first-order chi connectivity index (χ1) is 10.2. The second-order valence-corrected chi connectivity index (χ2v) is 7.00. The number of aryl methyl sites for hydroxylation is 1. The fourth-order valence-electron chi connectivity index (χ4n) is 2.34. The van der Waals surface area contributed by atoms with Gasteiger partial charge in [0.25, 0.3) is 0 Å². The Morgan fingerprint density at radius 2 is 2.23 bits per heavy atom. The molecule has 7 heteroatoms. The quantitative estimate of drug-likeness (QED) is 0.864. The molecule has 22 heavy (non-hydrogen) atoms. The summed E-state index contributed by atoms with van der Waals surface area (Å²) in [6.07, 6.45) is 0.691. The van der Waals surface area contributed by atoms with Crippen LogP contribution in [0.1, 0.15) is 32.9 Å². The van der Waals surface area contributed by atoms with E-state index in [2.05, 4.69) is 15.3 Å². The second kappa shape index (κ2) is 6.69. The number of nitrogens with one attached hydrogen (secondary N) is 1. The van der Waals surface area contributed by atoms with E-state index in [1.54, 1.807) is 11.0 Å². The predicted molar refractivity (Wildman–Crippen MR) is 86.2 cm³/mol. The molecule has 1 aromatic heterocycles. The van der Waals surface area contributed by atoms with Gasteiger partial charge in [0.2, 0.25) is 5.95 Å². The first kappa shape index (κ1) is 16.8. The average molecular weight is 327 g/mol. The number of nitrogens with zero attached hydrogens (tertiary/aromatic N) is 3. The second-order valence-electron chi connectivity index (χ2n) is 6.62. The highest BCUT2D eigenvalue weighted by Crippen LogP contribution is 2.20. The highest BCUT2D eigenvalue weighted by molar-refractivity contribution is 6.29. The largest absolute Gasteiger partial charge is 0.444 e. The van der Waals surface area contributed by atoms with E-state index in [0.29, 0.717) is 30.1 Å². The van der Waals surface area contributed by atoms with E-state index in [0.717, 1.165) is 18.7 Å².